The van der Waals surface area contributed by atoms with E-state index in [2.05, 4.69) is 19.2 Å². The van der Waals surface area contributed by atoms with Crippen LogP contribution in [0.5, 0.6) is 0 Å². The van der Waals surface area contributed by atoms with Crippen molar-refractivity contribution >= 4 is 35.2 Å². The van der Waals surface area contributed by atoms with Crippen LogP contribution in [0.25, 0.3) is 0 Å². The topological polar surface area (TPSA) is 49.4 Å². The van der Waals surface area contributed by atoms with E-state index >= 15 is 0 Å². The lowest BCUT2D eigenvalue weighted by Crippen LogP contribution is -2.50. The van der Waals surface area contributed by atoms with E-state index in [-0.39, 0.29) is 11.8 Å². The third-order valence-electron chi connectivity index (χ3n) is 4.93. The summed E-state index contributed by atoms with van der Waals surface area (Å²) in [6.07, 6.45) is 0.570. The minimum absolute atomic E-state index is 0.0286. The number of benzene rings is 2. The molecule has 0 aromatic heterocycles. The molecule has 1 atom stereocenters. The molecule has 2 aromatic rings. The third-order valence-corrected chi connectivity index (χ3v) is 6.15. The highest BCUT2D eigenvalue weighted by atomic mass is 35.5. The Morgan fingerprint density at radius 2 is 1.81 bits per heavy atom. The Morgan fingerprint density at radius 3 is 2.42 bits per heavy atom. The Morgan fingerprint density at radius 1 is 1.10 bits per heavy atom. The van der Waals surface area contributed by atoms with Gasteiger partial charge in [0, 0.05) is 23.9 Å². The number of hydrogen-bond acceptors (Lipinski definition) is 3. The maximum Gasteiger partial charge on any atom is 0.242 e. The van der Waals surface area contributed by atoms with Crippen molar-refractivity contribution in [3.8, 4) is 0 Å². The molecule has 0 heterocycles. The first-order valence-electron chi connectivity index (χ1n) is 10.7. The summed E-state index contributed by atoms with van der Waals surface area (Å²) in [5.74, 6) is 1.25. The van der Waals surface area contributed by atoms with Crippen LogP contribution in [0.3, 0.4) is 0 Å². The van der Waals surface area contributed by atoms with Gasteiger partial charge in [-0.15, -0.1) is 11.8 Å². The Balaban J connectivity index is 2.11. The summed E-state index contributed by atoms with van der Waals surface area (Å²) in [4.78, 5) is 27.8. The monoisotopic (exact) mass is 460 g/mol. The van der Waals surface area contributed by atoms with Gasteiger partial charge in [-0.05, 0) is 42.5 Å². The van der Waals surface area contributed by atoms with E-state index in [1.807, 2.05) is 62.4 Å². The number of halogens is 1. The van der Waals surface area contributed by atoms with Crippen molar-refractivity contribution in [2.24, 2.45) is 5.92 Å². The first-order chi connectivity index (χ1) is 14.8. The summed E-state index contributed by atoms with van der Waals surface area (Å²) in [5.41, 5.74) is 3.27. The van der Waals surface area contributed by atoms with Gasteiger partial charge < -0.3 is 10.2 Å². The second-order valence-corrected chi connectivity index (χ2v) is 9.62. The Bertz CT molecular complexity index is 855. The number of aryl methyl sites for hydroxylation is 1. The van der Waals surface area contributed by atoms with Gasteiger partial charge in [-0.1, -0.05) is 74.3 Å². The van der Waals surface area contributed by atoms with Crippen LogP contribution in [0.2, 0.25) is 5.02 Å². The fourth-order valence-electron chi connectivity index (χ4n) is 3.20. The molecule has 1 unspecified atom stereocenters. The highest BCUT2D eigenvalue weighted by molar-refractivity contribution is 7.99. The molecule has 0 aliphatic rings. The predicted molar refractivity (Wildman–Crippen MR) is 131 cm³/mol. The van der Waals surface area contributed by atoms with E-state index < -0.39 is 6.04 Å². The molecular weight excluding hydrogens is 428 g/mol. The van der Waals surface area contributed by atoms with Crippen LogP contribution in [-0.4, -0.2) is 35.1 Å². The molecule has 2 amide bonds. The largest absolute Gasteiger partial charge is 0.354 e. The predicted octanol–water partition coefficient (Wildman–Crippen LogP) is 5.46. The molecule has 2 rings (SSSR count). The van der Waals surface area contributed by atoms with E-state index in [4.69, 9.17) is 11.6 Å². The fraction of sp³-hybridized carbons (Fsp3) is 0.440. The van der Waals surface area contributed by atoms with Crippen LogP contribution in [0.1, 0.15) is 43.9 Å². The number of rotatable bonds is 11. The molecular formula is C25H33ClN2O2S. The number of carbonyl (C=O) groups is 2. The molecule has 31 heavy (non-hydrogen) atoms. The van der Waals surface area contributed by atoms with Gasteiger partial charge in [0.15, 0.2) is 0 Å². The summed E-state index contributed by atoms with van der Waals surface area (Å²) in [5, 5.41) is 3.69. The first kappa shape index (κ1) is 25.3. The third kappa shape index (κ3) is 8.58. The van der Waals surface area contributed by atoms with Crippen LogP contribution in [0.15, 0.2) is 48.5 Å². The summed E-state index contributed by atoms with van der Waals surface area (Å²) < 4.78 is 0. The minimum atomic E-state index is -0.487. The van der Waals surface area contributed by atoms with Crippen molar-refractivity contribution in [3.63, 3.8) is 0 Å². The SMILES string of the molecule is CCC(C(=O)NCC(C)C)N(Cc1ccc(C)cc1)C(=O)CSCc1cccc(Cl)c1. The van der Waals surface area contributed by atoms with Crippen LogP contribution >= 0.6 is 23.4 Å². The number of thioether (sulfide) groups is 1. The number of hydrogen-bond donors (Lipinski definition) is 1. The van der Waals surface area contributed by atoms with E-state index in [0.29, 0.717) is 42.0 Å². The van der Waals surface area contributed by atoms with Gasteiger partial charge in [0.05, 0.1) is 5.75 Å². The zero-order valence-corrected chi connectivity index (χ0v) is 20.4. The molecule has 1 N–H and O–H groups in total. The summed E-state index contributed by atoms with van der Waals surface area (Å²) in [6.45, 7) is 9.13. The molecule has 0 aliphatic carbocycles. The standard InChI is InChI=1S/C25H33ClN2O2S/c1-5-23(25(30)27-14-18(2)3)28(15-20-11-9-19(4)10-12-20)24(29)17-31-16-21-7-6-8-22(26)13-21/h6-13,18,23H,5,14-17H2,1-4H3,(H,27,30). The molecule has 4 nitrogen and oxygen atoms in total. The Hall–Kier alpha value is -1.98. The second kappa shape index (κ2) is 12.8. The van der Waals surface area contributed by atoms with Crippen LogP contribution in [-0.2, 0) is 21.9 Å². The van der Waals surface area contributed by atoms with E-state index in [1.54, 1.807) is 16.7 Å². The summed E-state index contributed by atoms with van der Waals surface area (Å²) in [7, 11) is 0. The van der Waals surface area contributed by atoms with E-state index in [1.165, 1.54) is 5.56 Å². The highest BCUT2D eigenvalue weighted by Crippen LogP contribution is 2.19. The van der Waals surface area contributed by atoms with Crippen LogP contribution in [0.4, 0.5) is 0 Å². The van der Waals surface area contributed by atoms with Gasteiger partial charge in [0.25, 0.3) is 0 Å². The number of carbonyl (C=O) groups excluding carboxylic acids is 2. The van der Waals surface area contributed by atoms with Gasteiger partial charge in [-0.25, -0.2) is 0 Å². The number of nitrogens with one attached hydrogen (secondary N) is 1. The normalized spacial score (nSPS) is 11.9. The second-order valence-electron chi connectivity index (χ2n) is 8.19. The number of amides is 2. The Labute approximate surface area is 195 Å². The molecule has 0 saturated carbocycles. The maximum atomic E-state index is 13.2. The van der Waals surface area contributed by atoms with Crippen LogP contribution in [0, 0.1) is 12.8 Å². The van der Waals surface area contributed by atoms with Crippen molar-refractivity contribution in [1.82, 2.24) is 10.2 Å². The molecule has 0 saturated heterocycles. The van der Waals surface area contributed by atoms with Crippen molar-refractivity contribution in [2.75, 3.05) is 12.3 Å². The molecule has 0 bridgehead atoms. The first-order valence-corrected chi connectivity index (χ1v) is 12.3. The summed E-state index contributed by atoms with van der Waals surface area (Å²) in [6, 6.07) is 15.3. The summed E-state index contributed by atoms with van der Waals surface area (Å²) >= 11 is 7.60. The average molecular weight is 461 g/mol. The molecule has 0 aliphatic heterocycles. The molecule has 0 radical (unpaired) electrons. The van der Waals surface area contributed by atoms with Gasteiger partial charge in [0.1, 0.15) is 6.04 Å². The quantitative estimate of drug-likeness (QED) is 0.484. The van der Waals surface area contributed by atoms with E-state index in [0.717, 1.165) is 11.1 Å². The smallest absolute Gasteiger partial charge is 0.242 e. The molecule has 2 aromatic carbocycles. The minimum Gasteiger partial charge on any atom is -0.354 e. The molecule has 0 fully saturated rings. The zero-order valence-electron chi connectivity index (χ0n) is 18.9. The molecule has 0 spiro atoms. The van der Waals surface area contributed by atoms with Gasteiger partial charge in [-0.3, -0.25) is 9.59 Å². The lowest BCUT2D eigenvalue weighted by molar-refractivity contribution is -0.139. The molecule has 168 valence electrons. The number of nitrogens with zero attached hydrogens (tertiary/aromatic N) is 1. The lowest BCUT2D eigenvalue weighted by Gasteiger charge is -2.31. The van der Waals surface area contributed by atoms with Crippen molar-refractivity contribution in [1.29, 1.82) is 0 Å². The van der Waals surface area contributed by atoms with Crippen molar-refractivity contribution in [2.45, 2.75) is 52.5 Å². The zero-order chi connectivity index (χ0) is 22.8. The van der Waals surface area contributed by atoms with Gasteiger partial charge in [-0.2, -0.15) is 0 Å². The Kier molecular flexibility index (Phi) is 10.4. The van der Waals surface area contributed by atoms with E-state index in [9.17, 15) is 9.59 Å². The average Bonchev–Trinajstić information content (AvgIpc) is 2.73. The van der Waals surface area contributed by atoms with Crippen molar-refractivity contribution in [3.05, 3.63) is 70.2 Å². The van der Waals surface area contributed by atoms with Gasteiger partial charge in [0.2, 0.25) is 11.8 Å². The van der Waals surface area contributed by atoms with Gasteiger partial charge >= 0.3 is 0 Å². The highest BCUT2D eigenvalue weighted by Gasteiger charge is 2.28. The van der Waals surface area contributed by atoms with Crippen LogP contribution < -0.4 is 5.32 Å². The lowest BCUT2D eigenvalue weighted by atomic mass is 10.1. The fourth-order valence-corrected chi connectivity index (χ4v) is 4.27. The molecule has 6 heteroatoms. The maximum absolute atomic E-state index is 13.2. The van der Waals surface area contributed by atoms with Crippen molar-refractivity contribution < 1.29 is 9.59 Å².